The fourth-order valence-electron chi connectivity index (χ4n) is 3.78. The van der Waals surface area contributed by atoms with Crippen molar-refractivity contribution < 1.29 is 4.79 Å². The van der Waals surface area contributed by atoms with Gasteiger partial charge in [-0.05, 0) is 49.1 Å². The molecule has 1 aliphatic rings. The second kappa shape index (κ2) is 8.82. The first-order chi connectivity index (χ1) is 11.8. The Morgan fingerprint density at radius 2 is 1.54 bits per heavy atom. The predicted octanol–water partition coefficient (Wildman–Crippen LogP) is 6.33. The van der Waals surface area contributed by atoms with Crippen LogP contribution in [0, 0.1) is 0 Å². The lowest BCUT2D eigenvalue weighted by Gasteiger charge is -2.22. The van der Waals surface area contributed by atoms with E-state index in [-0.39, 0.29) is 0 Å². The van der Waals surface area contributed by atoms with Crippen LogP contribution in [0.5, 0.6) is 0 Å². The zero-order valence-corrected chi connectivity index (χ0v) is 14.5. The Bertz CT molecular complexity index is 621. The highest BCUT2D eigenvalue weighted by molar-refractivity contribution is 5.96. The third-order valence-corrected chi connectivity index (χ3v) is 5.27. The van der Waals surface area contributed by atoms with Crippen LogP contribution in [0.3, 0.4) is 0 Å². The molecule has 1 fully saturated rings. The van der Waals surface area contributed by atoms with E-state index in [9.17, 15) is 4.79 Å². The van der Waals surface area contributed by atoms with Gasteiger partial charge >= 0.3 is 0 Å². The standard InChI is InChI=1S/C23H28O/c24-23(14-8-7-11-19-9-3-1-4-10-19)22-17-15-21(16-18-22)20-12-5-2-6-13-20/h1,3-4,9-10,15-18,20H,2,5-8,11-14H2. The molecule has 0 N–H and O–H groups in total. The van der Waals surface area contributed by atoms with E-state index in [0.717, 1.165) is 24.8 Å². The summed E-state index contributed by atoms with van der Waals surface area (Å²) >= 11 is 0. The molecule has 0 spiro atoms. The van der Waals surface area contributed by atoms with E-state index in [0.29, 0.717) is 18.1 Å². The third kappa shape index (κ3) is 4.80. The Kier molecular flexibility index (Phi) is 6.23. The highest BCUT2D eigenvalue weighted by atomic mass is 16.1. The first-order valence-electron chi connectivity index (χ1n) is 9.50. The fourth-order valence-corrected chi connectivity index (χ4v) is 3.78. The Morgan fingerprint density at radius 1 is 0.833 bits per heavy atom. The van der Waals surface area contributed by atoms with Crippen LogP contribution in [-0.4, -0.2) is 5.78 Å². The summed E-state index contributed by atoms with van der Waals surface area (Å²) in [6.07, 6.45) is 10.5. The van der Waals surface area contributed by atoms with Crippen LogP contribution in [0.15, 0.2) is 54.6 Å². The Balaban J connectivity index is 1.44. The van der Waals surface area contributed by atoms with Crippen LogP contribution in [0.4, 0.5) is 0 Å². The minimum atomic E-state index is 0.290. The van der Waals surface area contributed by atoms with Gasteiger partial charge < -0.3 is 0 Å². The lowest BCUT2D eigenvalue weighted by Crippen LogP contribution is -2.05. The molecule has 0 radical (unpaired) electrons. The van der Waals surface area contributed by atoms with E-state index in [1.807, 2.05) is 18.2 Å². The van der Waals surface area contributed by atoms with Crippen molar-refractivity contribution in [3.63, 3.8) is 0 Å². The zero-order valence-electron chi connectivity index (χ0n) is 14.5. The van der Waals surface area contributed by atoms with Gasteiger partial charge in [-0.3, -0.25) is 4.79 Å². The second-order valence-corrected chi connectivity index (χ2v) is 7.07. The van der Waals surface area contributed by atoms with E-state index in [1.54, 1.807) is 0 Å². The molecule has 0 saturated heterocycles. The number of unbranched alkanes of at least 4 members (excludes halogenated alkanes) is 1. The first-order valence-corrected chi connectivity index (χ1v) is 9.50. The lowest BCUT2D eigenvalue weighted by atomic mass is 9.84. The molecule has 0 unspecified atom stereocenters. The summed E-state index contributed by atoms with van der Waals surface area (Å²) in [7, 11) is 0. The largest absolute Gasteiger partial charge is 0.294 e. The number of Topliss-reactive ketones (excluding diaryl/α,β-unsaturated/α-hetero) is 1. The third-order valence-electron chi connectivity index (χ3n) is 5.27. The number of benzene rings is 2. The van der Waals surface area contributed by atoms with Gasteiger partial charge in [0.1, 0.15) is 0 Å². The molecule has 1 heteroatoms. The molecule has 1 saturated carbocycles. The Morgan fingerprint density at radius 3 is 2.25 bits per heavy atom. The van der Waals surface area contributed by atoms with E-state index in [1.165, 1.54) is 43.2 Å². The van der Waals surface area contributed by atoms with Crippen LogP contribution in [0.25, 0.3) is 0 Å². The van der Waals surface area contributed by atoms with Gasteiger partial charge in [0.25, 0.3) is 0 Å². The van der Waals surface area contributed by atoms with Crippen LogP contribution in [-0.2, 0) is 6.42 Å². The molecular weight excluding hydrogens is 292 g/mol. The van der Waals surface area contributed by atoms with E-state index < -0.39 is 0 Å². The summed E-state index contributed by atoms with van der Waals surface area (Å²) in [6, 6.07) is 19.0. The minimum Gasteiger partial charge on any atom is -0.294 e. The molecule has 1 nitrogen and oxygen atoms in total. The van der Waals surface area contributed by atoms with Crippen LogP contribution < -0.4 is 0 Å². The molecule has 0 aromatic heterocycles. The van der Waals surface area contributed by atoms with Crippen molar-refractivity contribution in [3.8, 4) is 0 Å². The molecular formula is C23H28O. The Hall–Kier alpha value is -1.89. The maximum Gasteiger partial charge on any atom is 0.162 e. The summed E-state index contributed by atoms with van der Waals surface area (Å²) in [5, 5.41) is 0. The molecule has 0 heterocycles. The molecule has 0 aliphatic heterocycles. The molecule has 2 aromatic carbocycles. The Labute approximate surface area is 146 Å². The molecule has 0 bridgehead atoms. The van der Waals surface area contributed by atoms with Gasteiger partial charge in [-0.2, -0.15) is 0 Å². The minimum absolute atomic E-state index is 0.290. The summed E-state index contributed by atoms with van der Waals surface area (Å²) in [4.78, 5) is 12.3. The summed E-state index contributed by atoms with van der Waals surface area (Å²) < 4.78 is 0. The zero-order chi connectivity index (χ0) is 16.6. The van der Waals surface area contributed by atoms with Crippen molar-refractivity contribution in [3.05, 3.63) is 71.3 Å². The maximum absolute atomic E-state index is 12.3. The quantitative estimate of drug-likeness (QED) is 0.430. The van der Waals surface area contributed by atoms with Crippen molar-refractivity contribution in [2.24, 2.45) is 0 Å². The van der Waals surface area contributed by atoms with Gasteiger partial charge in [0.2, 0.25) is 0 Å². The van der Waals surface area contributed by atoms with Crippen LogP contribution in [0.2, 0.25) is 0 Å². The summed E-state index contributed by atoms with van der Waals surface area (Å²) in [6.45, 7) is 0. The molecule has 24 heavy (non-hydrogen) atoms. The highest BCUT2D eigenvalue weighted by Crippen LogP contribution is 2.32. The van der Waals surface area contributed by atoms with Crippen molar-refractivity contribution >= 4 is 5.78 Å². The molecule has 0 amide bonds. The second-order valence-electron chi connectivity index (χ2n) is 7.07. The van der Waals surface area contributed by atoms with Gasteiger partial charge in [-0.25, -0.2) is 0 Å². The number of carbonyl (C=O) groups is 1. The van der Waals surface area contributed by atoms with Crippen molar-refractivity contribution in [1.29, 1.82) is 0 Å². The topological polar surface area (TPSA) is 17.1 Å². The SMILES string of the molecule is O=C(CCCCc1ccccc1)c1ccc(C2CCCCC2)cc1. The van der Waals surface area contributed by atoms with Gasteiger partial charge in [0.15, 0.2) is 5.78 Å². The number of aryl methyl sites for hydroxylation is 1. The monoisotopic (exact) mass is 320 g/mol. The highest BCUT2D eigenvalue weighted by Gasteiger charge is 2.15. The van der Waals surface area contributed by atoms with Gasteiger partial charge in [0.05, 0.1) is 0 Å². The van der Waals surface area contributed by atoms with Crippen molar-refractivity contribution in [2.75, 3.05) is 0 Å². The first kappa shape index (κ1) is 17.0. The smallest absolute Gasteiger partial charge is 0.162 e. The van der Waals surface area contributed by atoms with Crippen molar-refractivity contribution in [1.82, 2.24) is 0 Å². The van der Waals surface area contributed by atoms with E-state index in [2.05, 4.69) is 36.4 Å². The van der Waals surface area contributed by atoms with Gasteiger partial charge in [0, 0.05) is 12.0 Å². The number of hydrogen-bond donors (Lipinski definition) is 0. The molecule has 1 aliphatic carbocycles. The number of hydrogen-bond acceptors (Lipinski definition) is 1. The molecule has 2 aromatic rings. The normalized spacial score (nSPS) is 15.3. The van der Waals surface area contributed by atoms with Gasteiger partial charge in [-0.1, -0.05) is 73.9 Å². The van der Waals surface area contributed by atoms with Crippen molar-refractivity contribution in [2.45, 2.75) is 63.7 Å². The van der Waals surface area contributed by atoms with Crippen LogP contribution >= 0.6 is 0 Å². The lowest BCUT2D eigenvalue weighted by molar-refractivity contribution is 0.0979. The molecule has 126 valence electrons. The predicted molar refractivity (Wildman–Crippen MR) is 101 cm³/mol. The van der Waals surface area contributed by atoms with E-state index in [4.69, 9.17) is 0 Å². The number of rotatable bonds is 7. The molecule has 3 rings (SSSR count). The summed E-state index contributed by atoms with van der Waals surface area (Å²) in [5.74, 6) is 1.01. The average molecular weight is 320 g/mol. The average Bonchev–Trinajstić information content (AvgIpc) is 2.67. The maximum atomic E-state index is 12.3. The number of carbonyl (C=O) groups excluding carboxylic acids is 1. The van der Waals surface area contributed by atoms with Crippen LogP contribution in [0.1, 0.15) is 78.8 Å². The van der Waals surface area contributed by atoms with Gasteiger partial charge in [-0.15, -0.1) is 0 Å². The van der Waals surface area contributed by atoms with E-state index >= 15 is 0 Å². The molecule has 0 atom stereocenters. The summed E-state index contributed by atoms with van der Waals surface area (Å²) in [5.41, 5.74) is 3.67. The fraction of sp³-hybridized carbons (Fsp3) is 0.435. The number of ketones is 1.